The molecule has 0 spiro atoms. The molecule has 0 radical (unpaired) electrons. The maximum Gasteiger partial charge on any atom is 0.251 e. The molecule has 4 aliphatic rings. The first kappa shape index (κ1) is 16.4. The van der Waals surface area contributed by atoms with Gasteiger partial charge in [-0.25, -0.2) is 0 Å². The number of fused-ring (bicyclic) bond motifs is 2. The third-order valence-electron chi connectivity index (χ3n) is 6.17. The zero-order chi connectivity index (χ0) is 17.5. The molecule has 5 rings (SSSR count). The van der Waals surface area contributed by atoms with Gasteiger partial charge in [0.15, 0.2) is 11.5 Å². The van der Waals surface area contributed by atoms with Gasteiger partial charge in [0.05, 0.1) is 6.10 Å². The second-order valence-corrected chi connectivity index (χ2v) is 7.90. The predicted octanol–water partition coefficient (Wildman–Crippen LogP) is 2.02. The molecule has 4 aliphatic heterocycles. The second-order valence-electron chi connectivity index (χ2n) is 7.90. The Morgan fingerprint density at radius 3 is 2.85 bits per heavy atom. The van der Waals surface area contributed by atoms with Crippen LogP contribution >= 0.6 is 0 Å². The Hall–Kier alpha value is -1.79. The van der Waals surface area contributed by atoms with Crippen LogP contribution in [-0.4, -0.2) is 60.9 Å². The van der Waals surface area contributed by atoms with Crippen LogP contribution in [0.4, 0.5) is 0 Å². The first-order valence-electron chi connectivity index (χ1n) is 9.81. The number of piperidine rings is 1. The summed E-state index contributed by atoms with van der Waals surface area (Å²) in [7, 11) is 0. The third kappa shape index (κ3) is 3.05. The van der Waals surface area contributed by atoms with Gasteiger partial charge in [0.2, 0.25) is 6.79 Å². The highest BCUT2D eigenvalue weighted by atomic mass is 16.7. The number of rotatable bonds is 3. The SMILES string of the molecule is O=C([C@@H]1C[C@@H]2CCN(Cc3ccc4c(c3)OCO4)C[C@H]2O1)N1CCCC1. The monoisotopic (exact) mass is 358 g/mol. The van der Waals surface area contributed by atoms with Gasteiger partial charge in [-0.2, -0.15) is 0 Å². The van der Waals surface area contributed by atoms with Crippen molar-refractivity contribution in [3.63, 3.8) is 0 Å². The minimum Gasteiger partial charge on any atom is -0.454 e. The van der Waals surface area contributed by atoms with Gasteiger partial charge in [-0.1, -0.05) is 6.07 Å². The maximum absolute atomic E-state index is 12.6. The predicted molar refractivity (Wildman–Crippen MR) is 95.0 cm³/mol. The Labute approximate surface area is 154 Å². The Morgan fingerprint density at radius 2 is 1.96 bits per heavy atom. The number of carbonyl (C=O) groups excluding carboxylic acids is 1. The second kappa shape index (κ2) is 6.74. The molecule has 0 aromatic heterocycles. The summed E-state index contributed by atoms with van der Waals surface area (Å²) in [5, 5.41) is 0. The number of hydrogen-bond donors (Lipinski definition) is 0. The minimum atomic E-state index is -0.214. The van der Waals surface area contributed by atoms with E-state index in [0.717, 1.165) is 69.9 Å². The van der Waals surface area contributed by atoms with E-state index >= 15 is 0 Å². The topological polar surface area (TPSA) is 51.2 Å². The molecule has 0 N–H and O–H groups in total. The summed E-state index contributed by atoms with van der Waals surface area (Å²) in [6.45, 7) is 4.97. The first-order valence-corrected chi connectivity index (χ1v) is 9.81. The van der Waals surface area contributed by atoms with E-state index in [1.54, 1.807) is 0 Å². The number of likely N-dealkylation sites (tertiary alicyclic amines) is 2. The van der Waals surface area contributed by atoms with Gasteiger partial charge in [0.25, 0.3) is 5.91 Å². The van der Waals surface area contributed by atoms with Crippen molar-refractivity contribution >= 4 is 5.91 Å². The molecular weight excluding hydrogens is 332 g/mol. The molecule has 3 saturated heterocycles. The number of benzene rings is 1. The molecule has 1 amide bonds. The lowest BCUT2D eigenvalue weighted by molar-refractivity contribution is -0.142. The van der Waals surface area contributed by atoms with Crippen LogP contribution < -0.4 is 9.47 Å². The largest absolute Gasteiger partial charge is 0.454 e. The van der Waals surface area contributed by atoms with Crippen molar-refractivity contribution in [1.29, 1.82) is 0 Å². The summed E-state index contributed by atoms with van der Waals surface area (Å²) < 4.78 is 17.1. The van der Waals surface area contributed by atoms with Gasteiger partial charge in [0.1, 0.15) is 6.10 Å². The molecule has 4 heterocycles. The van der Waals surface area contributed by atoms with E-state index in [1.807, 2.05) is 11.0 Å². The summed E-state index contributed by atoms with van der Waals surface area (Å²) >= 11 is 0. The summed E-state index contributed by atoms with van der Waals surface area (Å²) in [5.41, 5.74) is 1.23. The highest BCUT2D eigenvalue weighted by Gasteiger charge is 2.43. The van der Waals surface area contributed by atoms with Crippen molar-refractivity contribution in [2.45, 2.75) is 44.4 Å². The van der Waals surface area contributed by atoms with Crippen molar-refractivity contribution in [3.05, 3.63) is 23.8 Å². The average Bonchev–Trinajstić information content (AvgIpc) is 3.40. The quantitative estimate of drug-likeness (QED) is 0.827. The molecule has 0 aliphatic carbocycles. The molecule has 6 nitrogen and oxygen atoms in total. The summed E-state index contributed by atoms with van der Waals surface area (Å²) in [4.78, 5) is 17.1. The standard InChI is InChI=1S/C20H26N2O4/c23-20(22-6-1-2-7-22)18-10-15-5-8-21(12-19(15)26-18)11-14-3-4-16-17(9-14)25-13-24-16/h3-4,9,15,18-19H,1-2,5-8,10-13H2/t15-,18-,19+/m0/s1. The van der Waals surface area contributed by atoms with E-state index in [-0.39, 0.29) is 18.1 Å². The molecule has 26 heavy (non-hydrogen) atoms. The minimum absolute atomic E-state index is 0.189. The van der Waals surface area contributed by atoms with Gasteiger partial charge >= 0.3 is 0 Å². The van der Waals surface area contributed by atoms with Gasteiger partial charge in [-0.05, 0) is 55.8 Å². The molecule has 6 heteroatoms. The molecule has 1 aromatic rings. The fourth-order valence-electron chi connectivity index (χ4n) is 4.74. The number of carbonyl (C=O) groups is 1. The van der Waals surface area contributed by atoms with E-state index < -0.39 is 0 Å². The average molecular weight is 358 g/mol. The van der Waals surface area contributed by atoms with Crippen LogP contribution in [0.3, 0.4) is 0 Å². The lowest BCUT2D eigenvalue weighted by Gasteiger charge is -2.34. The molecular formula is C20H26N2O4. The van der Waals surface area contributed by atoms with Crippen LogP contribution in [0.2, 0.25) is 0 Å². The summed E-state index contributed by atoms with van der Waals surface area (Å²) in [5.74, 6) is 2.42. The van der Waals surface area contributed by atoms with Crippen LogP contribution in [0.25, 0.3) is 0 Å². The Kier molecular flexibility index (Phi) is 4.25. The molecule has 0 saturated carbocycles. The lowest BCUT2D eigenvalue weighted by atomic mass is 9.91. The van der Waals surface area contributed by atoms with Crippen LogP contribution in [0.5, 0.6) is 11.5 Å². The van der Waals surface area contributed by atoms with E-state index in [2.05, 4.69) is 17.0 Å². The molecule has 0 unspecified atom stereocenters. The van der Waals surface area contributed by atoms with Crippen LogP contribution in [0.1, 0.15) is 31.2 Å². The fraction of sp³-hybridized carbons (Fsp3) is 0.650. The van der Waals surface area contributed by atoms with Crippen molar-refractivity contribution in [2.24, 2.45) is 5.92 Å². The summed E-state index contributed by atoms with van der Waals surface area (Å²) in [6.07, 6.45) is 4.25. The number of nitrogens with zero attached hydrogens (tertiary/aromatic N) is 2. The molecule has 3 fully saturated rings. The molecule has 1 aromatic carbocycles. The number of ether oxygens (including phenoxy) is 3. The first-order chi connectivity index (χ1) is 12.8. The van der Waals surface area contributed by atoms with Crippen LogP contribution in [0.15, 0.2) is 18.2 Å². The zero-order valence-corrected chi connectivity index (χ0v) is 15.1. The van der Waals surface area contributed by atoms with E-state index in [1.165, 1.54) is 5.56 Å². The lowest BCUT2D eigenvalue weighted by Crippen LogP contribution is -2.42. The molecule has 3 atom stereocenters. The third-order valence-corrected chi connectivity index (χ3v) is 6.17. The molecule has 0 bridgehead atoms. The highest BCUT2D eigenvalue weighted by Crippen LogP contribution is 2.36. The van der Waals surface area contributed by atoms with Gasteiger partial charge < -0.3 is 19.1 Å². The highest BCUT2D eigenvalue weighted by molar-refractivity contribution is 5.81. The van der Waals surface area contributed by atoms with Crippen LogP contribution in [0, 0.1) is 5.92 Å². The Bertz CT molecular complexity index is 688. The Morgan fingerprint density at radius 1 is 1.12 bits per heavy atom. The normalized spacial score (nSPS) is 30.6. The number of hydrogen-bond acceptors (Lipinski definition) is 5. The van der Waals surface area contributed by atoms with Crippen molar-refractivity contribution < 1.29 is 19.0 Å². The smallest absolute Gasteiger partial charge is 0.251 e. The fourth-order valence-corrected chi connectivity index (χ4v) is 4.74. The zero-order valence-electron chi connectivity index (χ0n) is 15.1. The van der Waals surface area contributed by atoms with Crippen molar-refractivity contribution in [2.75, 3.05) is 33.0 Å². The van der Waals surface area contributed by atoms with Gasteiger partial charge in [-0.3, -0.25) is 9.69 Å². The van der Waals surface area contributed by atoms with E-state index in [4.69, 9.17) is 14.2 Å². The van der Waals surface area contributed by atoms with Gasteiger partial charge in [-0.15, -0.1) is 0 Å². The van der Waals surface area contributed by atoms with Gasteiger partial charge in [0, 0.05) is 26.2 Å². The molecule has 140 valence electrons. The van der Waals surface area contributed by atoms with Crippen molar-refractivity contribution in [3.8, 4) is 11.5 Å². The van der Waals surface area contributed by atoms with E-state index in [0.29, 0.717) is 12.7 Å². The number of amides is 1. The van der Waals surface area contributed by atoms with Crippen LogP contribution in [-0.2, 0) is 16.1 Å². The summed E-state index contributed by atoms with van der Waals surface area (Å²) in [6, 6.07) is 6.17. The maximum atomic E-state index is 12.6. The van der Waals surface area contributed by atoms with E-state index in [9.17, 15) is 4.79 Å². The van der Waals surface area contributed by atoms with Crippen molar-refractivity contribution in [1.82, 2.24) is 9.80 Å². The Balaban J connectivity index is 1.19.